The maximum atomic E-state index is 12.8. The van der Waals surface area contributed by atoms with Gasteiger partial charge in [0.25, 0.3) is 0 Å². The van der Waals surface area contributed by atoms with Gasteiger partial charge in [0.1, 0.15) is 4.90 Å². The molecule has 0 radical (unpaired) electrons. The second-order valence-corrected chi connectivity index (χ2v) is 7.50. The van der Waals surface area contributed by atoms with Crippen molar-refractivity contribution in [2.75, 3.05) is 13.1 Å². The van der Waals surface area contributed by atoms with Crippen LogP contribution in [0.25, 0.3) is 11.4 Å². The Labute approximate surface area is 136 Å². The summed E-state index contributed by atoms with van der Waals surface area (Å²) in [5.41, 5.74) is 6.59. The summed E-state index contributed by atoms with van der Waals surface area (Å²) in [6.07, 6.45) is 5.44. The molecule has 1 fully saturated rings. The first kappa shape index (κ1) is 16.0. The van der Waals surface area contributed by atoms with Gasteiger partial charge in [-0.25, -0.2) is 18.4 Å². The number of hydrogen-bond donors (Lipinski definition) is 1. The third kappa shape index (κ3) is 3.26. The molecule has 7 heteroatoms. The second kappa shape index (κ2) is 6.74. The number of nitrogens with two attached hydrogens (primary N) is 1. The molecule has 0 amide bonds. The fraction of sp³-hybridized carbons (Fsp3) is 0.375. The van der Waals surface area contributed by atoms with E-state index in [1.54, 1.807) is 0 Å². The largest absolute Gasteiger partial charge is 0.329 e. The van der Waals surface area contributed by atoms with Gasteiger partial charge in [-0.1, -0.05) is 36.8 Å². The quantitative estimate of drug-likeness (QED) is 0.919. The molecule has 1 aliphatic rings. The molecule has 2 N–H and O–H groups in total. The van der Waals surface area contributed by atoms with Crippen LogP contribution < -0.4 is 5.73 Å². The summed E-state index contributed by atoms with van der Waals surface area (Å²) in [6.45, 7) is 0.840. The average molecular weight is 332 g/mol. The van der Waals surface area contributed by atoms with E-state index in [2.05, 4.69) is 9.97 Å². The number of piperidine rings is 1. The van der Waals surface area contributed by atoms with Crippen molar-refractivity contribution in [1.82, 2.24) is 14.3 Å². The fourth-order valence-electron chi connectivity index (χ4n) is 2.85. The van der Waals surface area contributed by atoms with Crippen LogP contribution in [0.4, 0.5) is 0 Å². The molecule has 0 bridgehead atoms. The summed E-state index contributed by atoms with van der Waals surface area (Å²) < 4.78 is 27.1. The van der Waals surface area contributed by atoms with Crippen molar-refractivity contribution in [2.45, 2.75) is 30.2 Å². The van der Waals surface area contributed by atoms with Crippen molar-refractivity contribution in [2.24, 2.45) is 5.73 Å². The highest BCUT2D eigenvalue weighted by atomic mass is 32.2. The van der Waals surface area contributed by atoms with E-state index in [0.717, 1.165) is 24.8 Å². The molecule has 0 aliphatic carbocycles. The summed E-state index contributed by atoms with van der Waals surface area (Å²) in [4.78, 5) is 8.55. The fourth-order valence-corrected chi connectivity index (χ4v) is 4.44. The van der Waals surface area contributed by atoms with E-state index in [1.807, 2.05) is 30.3 Å². The normalized spacial score (nSPS) is 19.6. The summed E-state index contributed by atoms with van der Waals surface area (Å²) in [5.74, 6) is 0.513. The molecule has 3 rings (SSSR count). The third-order valence-electron chi connectivity index (χ3n) is 4.11. The zero-order valence-electron chi connectivity index (χ0n) is 12.8. The molecule has 1 aliphatic heterocycles. The molecule has 1 aromatic heterocycles. The lowest BCUT2D eigenvalue weighted by Crippen LogP contribution is -2.47. The first-order valence-electron chi connectivity index (χ1n) is 7.72. The molecule has 0 spiro atoms. The molecular formula is C16H20N4O2S. The molecule has 0 unspecified atom stereocenters. The number of aromatic nitrogens is 2. The van der Waals surface area contributed by atoms with Crippen LogP contribution in [0.5, 0.6) is 0 Å². The maximum Gasteiger partial charge on any atom is 0.246 e. The van der Waals surface area contributed by atoms with E-state index in [9.17, 15) is 8.42 Å². The molecule has 6 nitrogen and oxygen atoms in total. The molecule has 2 heterocycles. The Balaban J connectivity index is 1.88. The van der Waals surface area contributed by atoms with Crippen molar-refractivity contribution < 1.29 is 8.42 Å². The van der Waals surface area contributed by atoms with Crippen LogP contribution in [-0.4, -0.2) is 41.8 Å². The second-order valence-electron chi connectivity index (χ2n) is 5.61. The van der Waals surface area contributed by atoms with Gasteiger partial charge in [0.2, 0.25) is 10.0 Å². The van der Waals surface area contributed by atoms with Gasteiger partial charge in [0, 0.05) is 24.7 Å². The van der Waals surface area contributed by atoms with Crippen LogP contribution in [-0.2, 0) is 10.0 Å². The van der Waals surface area contributed by atoms with Crippen molar-refractivity contribution >= 4 is 10.0 Å². The number of nitrogens with zero attached hydrogens (tertiary/aromatic N) is 3. The standard InChI is InChI=1S/C16H20N4O2S/c17-10-14-8-4-5-9-20(14)23(21,22)15-11-18-16(19-12-15)13-6-2-1-3-7-13/h1-3,6-7,11-12,14H,4-5,8-10,17H2/t14-/m0/s1. The van der Waals surface area contributed by atoms with Crippen molar-refractivity contribution in [3.8, 4) is 11.4 Å². The van der Waals surface area contributed by atoms with Gasteiger partial charge in [0.15, 0.2) is 5.82 Å². The number of hydrogen-bond acceptors (Lipinski definition) is 5. The first-order chi connectivity index (χ1) is 11.1. The van der Waals surface area contributed by atoms with Crippen LogP contribution >= 0.6 is 0 Å². The smallest absolute Gasteiger partial charge is 0.246 e. The van der Waals surface area contributed by atoms with E-state index >= 15 is 0 Å². The zero-order valence-corrected chi connectivity index (χ0v) is 13.6. The van der Waals surface area contributed by atoms with E-state index in [0.29, 0.717) is 18.9 Å². The number of rotatable bonds is 4. The van der Waals surface area contributed by atoms with Gasteiger partial charge in [-0.15, -0.1) is 0 Å². The number of benzene rings is 1. The lowest BCUT2D eigenvalue weighted by atomic mass is 10.1. The lowest BCUT2D eigenvalue weighted by Gasteiger charge is -2.33. The van der Waals surface area contributed by atoms with Crippen LogP contribution in [0.15, 0.2) is 47.6 Å². The Bertz CT molecular complexity index is 747. The Morgan fingerprint density at radius 2 is 1.83 bits per heavy atom. The van der Waals surface area contributed by atoms with Gasteiger partial charge in [-0.2, -0.15) is 4.31 Å². The first-order valence-corrected chi connectivity index (χ1v) is 9.16. The third-order valence-corrected chi connectivity index (χ3v) is 6.02. The Kier molecular flexibility index (Phi) is 4.70. The van der Waals surface area contributed by atoms with Crippen molar-refractivity contribution in [3.05, 3.63) is 42.7 Å². The SMILES string of the molecule is NC[C@@H]1CCCCN1S(=O)(=O)c1cnc(-c2ccccc2)nc1. The summed E-state index contributed by atoms with van der Waals surface area (Å²) in [5, 5.41) is 0. The summed E-state index contributed by atoms with van der Waals surface area (Å²) in [6, 6.07) is 9.33. The topological polar surface area (TPSA) is 89.2 Å². The Morgan fingerprint density at radius 3 is 2.48 bits per heavy atom. The summed E-state index contributed by atoms with van der Waals surface area (Å²) in [7, 11) is -3.59. The van der Waals surface area contributed by atoms with E-state index in [1.165, 1.54) is 16.7 Å². The molecule has 0 saturated carbocycles. The van der Waals surface area contributed by atoms with E-state index in [-0.39, 0.29) is 10.9 Å². The minimum Gasteiger partial charge on any atom is -0.329 e. The van der Waals surface area contributed by atoms with Crippen LogP contribution in [0, 0.1) is 0 Å². The van der Waals surface area contributed by atoms with Gasteiger partial charge in [-0.05, 0) is 12.8 Å². The van der Waals surface area contributed by atoms with Gasteiger partial charge >= 0.3 is 0 Å². The lowest BCUT2D eigenvalue weighted by molar-refractivity contribution is 0.257. The van der Waals surface area contributed by atoms with E-state index < -0.39 is 10.0 Å². The highest BCUT2D eigenvalue weighted by molar-refractivity contribution is 7.89. The van der Waals surface area contributed by atoms with Crippen LogP contribution in [0.3, 0.4) is 0 Å². The number of sulfonamides is 1. The highest BCUT2D eigenvalue weighted by Crippen LogP contribution is 2.25. The zero-order chi connectivity index (χ0) is 16.3. The van der Waals surface area contributed by atoms with Crippen LogP contribution in [0.2, 0.25) is 0 Å². The maximum absolute atomic E-state index is 12.8. The minimum absolute atomic E-state index is 0.123. The van der Waals surface area contributed by atoms with Crippen LogP contribution in [0.1, 0.15) is 19.3 Å². The average Bonchev–Trinajstić information content (AvgIpc) is 2.62. The Hall–Kier alpha value is -1.83. The predicted octanol–water partition coefficient (Wildman–Crippen LogP) is 1.65. The van der Waals surface area contributed by atoms with Crippen molar-refractivity contribution in [1.29, 1.82) is 0 Å². The molecule has 1 atom stereocenters. The molecule has 23 heavy (non-hydrogen) atoms. The monoisotopic (exact) mass is 332 g/mol. The molecule has 1 aromatic carbocycles. The predicted molar refractivity (Wildman–Crippen MR) is 88.1 cm³/mol. The molecule has 122 valence electrons. The molecule has 2 aromatic rings. The van der Waals surface area contributed by atoms with Gasteiger partial charge < -0.3 is 5.73 Å². The Morgan fingerprint density at radius 1 is 1.13 bits per heavy atom. The molecule has 1 saturated heterocycles. The highest BCUT2D eigenvalue weighted by Gasteiger charge is 2.33. The molecular weight excluding hydrogens is 312 g/mol. The summed E-state index contributed by atoms with van der Waals surface area (Å²) >= 11 is 0. The minimum atomic E-state index is -3.59. The van der Waals surface area contributed by atoms with E-state index in [4.69, 9.17) is 5.73 Å². The van der Waals surface area contributed by atoms with Crippen molar-refractivity contribution in [3.63, 3.8) is 0 Å². The van der Waals surface area contributed by atoms with Gasteiger partial charge in [0.05, 0.1) is 12.4 Å². The van der Waals surface area contributed by atoms with Gasteiger partial charge in [-0.3, -0.25) is 0 Å².